The fourth-order valence-corrected chi connectivity index (χ4v) is 2.00. The zero-order valence-corrected chi connectivity index (χ0v) is 11.7. The van der Waals surface area contributed by atoms with Crippen molar-refractivity contribution in [3.8, 4) is 0 Å². The minimum atomic E-state index is -0.378. The summed E-state index contributed by atoms with van der Waals surface area (Å²) in [6, 6.07) is 6.80. The molecule has 0 spiro atoms. The van der Waals surface area contributed by atoms with Gasteiger partial charge in [-0.15, -0.1) is 0 Å². The molecule has 1 atom stereocenters. The minimum absolute atomic E-state index is 0.0171. The molecule has 20 heavy (non-hydrogen) atoms. The Morgan fingerprint density at radius 3 is 2.90 bits per heavy atom. The number of aliphatic hydroxyl groups is 1. The van der Waals surface area contributed by atoms with Gasteiger partial charge in [0.2, 0.25) is 0 Å². The molecule has 6 heteroatoms. The van der Waals surface area contributed by atoms with E-state index in [-0.39, 0.29) is 23.3 Å². The molecule has 0 aliphatic carbocycles. The first-order valence-electron chi connectivity index (χ1n) is 6.85. The lowest BCUT2D eigenvalue weighted by Gasteiger charge is -2.18. The van der Waals surface area contributed by atoms with Crippen LogP contribution < -0.4 is 5.32 Å². The van der Waals surface area contributed by atoms with Crippen LogP contribution in [0.5, 0.6) is 0 Å². The Morgan fingerprint density at radius 2 is 2.25 bits per heavy atom. The topological polar surface area (TPSA) is 84.6 Å². The third-order valence-electron chi connectivity index (χ3n) is 2.93. The second-order valence-electron chi connectivity index (χ2n) is 4.48. The van der Waals surface area contributed by atoms with Gasteiger partial charge in [-0.25, -0.2) is 0 Å². The largest absolute Gasteiger partial charge is 0.394 e. The lowest BCUT2D eigenvalue weighted by molar-refractivity contribution is -0.384. The molecule has 6 nitrogen and oxygen atoms in total. The van der Waals surface area contributed by atoms with Crippen molar-refractivity contribution in [3.05, 3.63) is 39.9 Å². The van der Waals surface area contributed by atoms with Gasteiger partial charge < -0.3 is 15.2 Å². The van der Waals surface area contributed by atoms with Gasteiger partial charge in [0, 0.05) is 24.7 Å². The van der Waals surface area contributed by atoms with E-state index in [1.807, 2.05) is 6.07 Å². The predicted octanol–water partition coefficient (Wildman–Crippen LogP) is 2.03. The molecule has 0 amide bonds. The number of nitro groups is 1. The third-order valence-corrected chi connectivity index (χ3v) is 2.93. The van der Waals surface area contributed by atoms with Gasteiger partial charge in [-0.2, -0.15) is 0 Å². The molecule has 0 fully saturated rings. The van der Waals surface area contributed by atoms with E-state index < -0.39 is 0 Å². The monoisotopic (exact) mass is 282 g/mol. The molecule has 0 radical (unpaired) electrons. The van der Waals surface area contributed by atoms with Crippen LogP contribution in [-0.4, -0.2) is 36.4 Å². The second-order valence-corrected chi connectivity index (χ2v) is 4.48. The van der Waals surface area contributed by atoms with Crippen LogP contribution in [0, 0.1) is 10.1 Å². The Hall–Kier alpha value is -1.50. The van der Waals surface area contributed by atoms with Gasteiger partial charge in [0.25, 0.3) is 5.69 Å². The highest BCUT2D eigenvalue weighted by molar-refractivity contribution is 5.35. The summed E-state index contributed by atoms with van der Waals surface area (Å²) < 4.78 is 5.19. The van der Waals surface area contributed by atoms with Crippen molar-refractivity contribution in [3.63, 3.8) is 0 Å². The molecule has 0 aliphatic heterocycles. The van der Waals surface area contributed by atoms with E-state index in [1.165, 1.54) is 6.07 Å². The number of aliphatic hydroxyl groups excluding tert-OH is 1. The molecule has 1 aromatic rings. The number of nitro benzene ring substituents is 1. The van der Waals surface area contributed by atoms with E-state index in [0.29, 0.717) is 19.8 Å². The van der Waals surface area contributed by atoms with Gasteiger partial charge in [0.1, 0.15) is 0 Å². The van der Waals surface area contributed by atoms with Crippen LogP contribution in [0.15, 0.2) is 24.3 Å². The molecule has 0 aliphatic rings. The van der Waals surface area contributed by atoms with Crippen LogP contribution in [0.3, 0.4) is 0 Å². The van der Waals surface area contributed by atoms with Gasteiger partial charge in [0.15, 0.2) is 0 Å². The van der Waals surface area contributed by atoms with Gasteiger partial charge in [-0.05, 0) is 12.0 Å². The van der Waals surface area contributed by atoms with Crippen LogP contribution in [-0.2, 0) is 4.74 Å². The Labute approximate surface area is 118 Å². The lowest BCUT2D eigenvalue weighted by Crippen LogP contribution is -2.25. The molecule has 0 bridgehead atoms. The fraction of sp³-hybridized carbons (Fsp3) is 0.571. The highest BCUT2D eigenvalue weighted by Gasteiger charge is 2.13. The molecule has 1 aromatic carbocycles. The molecular weight excluding hydrogens is 260 g/mol. The Kier molecular flexibility index (Phi) is 7.79. The number of nitrogens with one attached hydrogen (secondary N) is 1. The van der Waals surface area contributed by atoms with E-state index in [2.05, 4.69) is 12.2 Å². The molecule has 112 valence electrons. The highest BCUT2D eigenvalue weighted by atomic mass is 16.6. The normalized spacial score (nSPS) is 12.3. The van der Waals surface area contributed by atoms with E-state index in [1.54, 1.807) is 12.1 Å². The van der Waals surface area contributed by atoms with Gasteiger partial charge in [-0.3, -0.25) is 10.1 Å². The van der Waals surface area contributed by atoms with Crippen molar-refractivity contribution in [2.75, 3.05) is 26.4 Å². The summed E-state index contributed by atoms with van der Waals surface area (Å²) in [5.41, 5.74) is 1.03. The summed E-state index contributed by atoms with van der Waals surface area (Å²) in [6.07, 6.45) is 1.89. The van der Waals surface area contributed by atoms with Crippen molar-refractivity contribution in [1.82, 2.24) is 5.32 Å². The maximum Gasteiger partial charge on any atom is 0.269 e. The van der Waals surface area contributed by atoms with Gasteiger partial charge in [-0.1, -0.05) is 25.5 Å². The van der Waals surface area contributed by atoms with E-state index in [9.17, 15) is 10.1 Å². The van der Waals surface area contributed by atoms with Crippen molar-refractivity contribution >= 4 is 5.69 Å². The van der Waals surface area contributed by atoms with Crippen molar-refractivity contribution in [2.45, 2.75) is 25.8 Å². The zero-order valence-electron chi connectivity index (χ0n) is 11.7. The second kappa shape index (κ2) is 9.41. The van der Waals surface area contributed by atoms with Crippen molar-refractivity contribution in [2.24, 2.45) is 0 Å². The average Bonchev–Trinajstić information content (AvgIpc) is 2.46. The quantitative estimate of drug-likeness (QED) is 0.390. The Balaban J connectivity index is 2.60. The van der Waals surface area contributed by atoms with E-state index in [4.69, 9.17) is 9.84 Å². The number of hydrogen-bond acceptors (Lipinski definition) is 5. The van der Waals surface area contributed by atoms with Crippen LogP contribution in [0.4, 0.5) is 5.69 Å². The molecule has 2 N–H and O–H groups in total. The van der Waals surface area contributed by atoms with Gasteiger partial charge in [0.05, 0.1) is 24.7 Å². The smallest absolute Gasteiger partial charge is 0.269 e. The predicted molar refractivity (Wildman–Crippen MR) is 76.7 cm³/mol. The lowest BCUT2D eigenvalue weighted by atomic mass is 10.0. The van der Waals surface area contributed by atoms with E-state index in [0.717, 1.165) is 18.4 Å². The number of non-ortho nitro benzene ring substituents is 1. The molecule has 0 aromatic heterocycles. The van der Waals surface area contributed by atoms with Crippen LogP contribution in [0.1, 0.15) is 31.4 Å². The maximum atomic E-state index is 10.8. The summed E-state index contributed by atoms with van der Waals surface area (Å²) in [7, 11) is 0. The number of rotatable bonds is 10. The first kappa shape index (κ1) is 16.6. The minimum Gasteiger partial charge on any atom is -0.394 e. The van der Waals surface area contributed by atoms with Crippen LogP contribution in [0.2, 0.25) is 0 Å². The summed E-state index contributed by atoms with van der Waals surface area (Å²) >= 11 is 0. The summed E-state index contributed by atoms with van der Waals surface area (Å²) in [5, 5.41) is 22.8. The number of ether oxygens (including phenoxy) is 1. The highest BCUT2D eigenvalue weighted by Crippen LogP contribution is 2.22. The maximum absolute atomic E-state index is 10.8. The standard InChI is InChI=1S/C14H22N2O4/c1-2-4-14(15-7-9-20-10-8-17)12-5-3-6-13(11-12)16(18)19/h3,5-6,11,14-15,17H,2,4,7-10H2,1H3. The fourth-order valence-electron chi connectivity index (χ4n) is 2.00. The average molecular weight is 282 g/mol. The van der Waals surface area contributed by atoms with Crippen LogP contribution in [0.25, 0.3) is 0 Å². The summed E-state index contributed by atoms with van der Waals surface area (Å²) in [6.45, 7) is 3.58. The number of nitrogens with zero attached hydrogens (tertiary/aromatic N) is 1. The number of benzene rings is 1. The van der Waals surface area contributed by atoms with E-state index >= 15 is 0 Å². The van der Waals surface area contributed by atoms with Crippen molar-refractivity contribution in [1.29, 1.82) is 0 Å². The Bertz CT molecular complexity index is 412. The molecule has 0 saturated heterocycles. The zero-order chi connectivity index (χ0) is 14.8. The van der Waals surface area contributed by atoms with Gasteiger partial charge >= 0.3 is 0 Å². The number of hydrogen-bond donors (Lipinski definition) is 2. The first-order chi connectivity index (χ1) is 9.69. The van der Waals surface area contributed by atoms with Crippen LogP contribution >= 0.6 is 0 Å². The summed E-state index contributed by atoms with van der Waals surface area (Å²) in [4.78, 5) is 10.4. The first-order valence-corrected chi connectivity index (χ1v) is 6.85. The third kappa shape index (κ3) is 5.64. The molecule has 1 unspecified atom stereocenters. The van der Waals surface area contributed by atoms with Crippen molar-refractivity contribution < 1.29 is 14.8 Å². The summed E-state index contributed by atoms with van der Waals surface area (Å²) in [5.74, 6) is 0. The SMILES string of the molecule is CCCC(NCCOCCO)c1cccc([N+](=O)[O-])c1. The molecule has 0 heterocycles. The molecular formula is C14H22N2O4. The molecule has 1 rings (SSSR count). The molecule has 0 saturated carbocycles. The Morgan fingerprint density at radius 1 is 1.45 bits per heavy atom.